The Kier molecular flexibility index (Phi) is 3.55. The van der Waals surface area contributed by atoms with E-state index in [1.165, 1.54) is 23.0 Å². The number of rotatable bonds is 3. The molecular formula is C13H12N4O3S2. The van der Waals surface area contributed by atoms with Crippen molar-refractivity contribution in [2.75, 3.05) is 0 Å². The number of aryl methyl sites for hydroxylation is 1. The molecule has 0 amide bonds. The van der Waals surface area contributed by atoms with Gasteiger partial charge in [0.15, 0.2) is 0 Å². The summed E-state index contributed by atoms with van der Waals surface area (Å²) in [6, 6.07) is 6.07. The van der Waals surface area contributed by atoms with E-state index in [2.05, 4.69) is 9.36 Å². The standard InChI is InChI=1S/C13H12N4O3S2/c1-8-11-12(21-16-8)13(18)17(7-15-11)6-9-2-4-10(5-3-9)22(14,19)20/h2-5,7H,6H2,1H3,(H2,14,19,20). The molecule has 2 aromatic heterocycles. The fourth-order valence-corrected chi connectivity index (χ4v) is 3.37. The predicted molar refractivity (Wildman–Crippen MR) is 83.3 cm³/mol. The number of nitrogens with two attached hydrogens (primary N) is 1. The number of hydrogen-bond acceptors (Lipinski definition) is 6. The fraction of sp³-hybridized carbons (Fsp3) is 0.154. The maximum atomic E-state index is 12.3. The summed E-state index contributed by atoms with van der Waals surface area (Å²) in [5, 5.41) is 5.05. The van der Waals surface area contributed by atoms with Crippen molar-refractivity contribution in [3.63, 3.8) is 0 Å². The van der Waals surface area contributed by atoms with Crippen molar-refractivity contribution in [3.8, 4) is 0 Å². The lowest BCUT2D eigenvalue weighted by Crippen LogP contribution is -2.20. The van der Waals surface area contributed by atoms with E-state index in [-0.39, 0.29) is 10.5 Å². The van der Waals surface area contributed by atoms with Gasteiger partial charge in [0.05, 0.1) is 23.5 Å². The Hall–Kier alpha value is -2.10. The van der Waals surface area contributed by atoms with Crippen molar-refractivity contribution in [3.05, 3.63) is 52.2 Å². The minimum absolute atomic E-state index is 0.0373. The molecule has 7 nitrogen and oxygen atoms in total. The molecule has 0 unspecified atom stereocenters. The fourth-order valence-electron chi connectivity index (χ4n) is 2.06. The predicted octanol–water partition coefficient (Wildman–Crippen LogP) is 0.857. The van der Waals surface area contributed by atoms with Crippen molar-refractivity contribution in [1.29, 1.82) is 0 Å². The Balaban J connectivity index is 1.96. The van der Waals surface area contributed by atoms with Crippen LogP contribution < -0.4 is 10.7 Å². The Morgan fingerprint density at radius 2 is 1.95 bits per heavy atom. The zero-order valence-electron chi connectivity index (χ0n) is 11.6. The molecule has 2 heterocycles. The van der Waals surface area contributed by atoms with Crippen LogP contribution in [0.25, 0.3) is 10.2 Å². The molecule has 1 aromatic carbocycles. The third kappa shape index (κ3) is 2.65. The van der Waals surface area contributed by atoms with Crippen LogP contribution in [-0.4, -0.2) is 22.3 Å². The molecular weight excluding hydrogens is 324 g/mol. The quantitative estimate of drug-likeness (QED) is 0.763. The Bertz CT molecular complexity index is 1000. The summed E-state index contributed by atoms with van der Waals surface area (Å²) >= 11 is 1.13. The Morgan fingerprint density at radius 3 is 2.59 bits per heavy atom. The molecule has 0 saturated heterocycles. The summed E-state index contributed by atoms with van der Waals surface area (Å²) in [5.41, 5.74) is 1.97. The number of sulfonamides is 1. The molecule has 0 radical (unpaired) electrons. The summed E-state index contributed by atoms with van der Waals surface area (Å²) < 4.78 is 28.5. The van der Waals surface area contributed by atoms with Crippen molar-refractivity contribution >= 4 is 31.8 Å². The lowest BCUT2D eigenvalue weighted by Gasteiger charge is -2.06. The molecule has 2 N–H and O–H groups in total. The molecule has 0 spiro atoms. The number of fused-ring (bicyclic) bond motifs is 1. The maximum absolute atomic E-state index is 12.3. The highest BCUT2D eigenvalue weighted by atomic mass is 32.2. The SMILES string of the molecule is Cc1nsc2c(=O)n(Cc3ccc(S(N)(=O)=O)cc3)cnc12. The molecule has 0 atom stereocenters. The first-order valence-electron chi connectivity index (χ1n) is 6.29. The summed E-state index contributed by atoms with van der Waals surface area (Å²) in [6.45, 7) is 2.10. The van der Waals surface area contributed by atoms with Crippen molar-refractivity contribution in [1.82, 2.24) is 13.9 Å². The van der Waals surface area contributed by atoms with Crippen molar-refractivity contribution < 1.29 is 8.42 Å². The highest BCUT2D eigenvalue weighted by molar-refractivity contribution is 7.89. The minimum atomic E-state index is -3.71. The van der Waals surface area contributed by atoms with Gasteiger partial charge in [-0.05, 0) is 36.2 Å². The molecule has 3 rings (SSSR count). The molecule has 0 aliphatic heterocycles. The van der Waals surface area contributed by atoms with E-state index in [9.17, 15) is 13.2 Å². The zero-order valence-corrected chi connectivity index (χ0v) is 13.2. The molecule has 0 bridgehead atoms. The number of benzene rings is 1. The summed E-state index contributed by atoms with van der Waals surface area (Å²) in [6.07, 6.45) is 1.47. The summed E-state index contributed by atoms with van der Waals surface area (Å²) in [7, 11) is -3.71. The van der Waals surface area contributed by atoms with Crippen LogP contribution in [0.4, 0.5) is 0 Å². The van der Waals surface area contributed by atoms with Crippen LogP contribution in [0.1, 0.15) is 11.3 Å². The van der Waals surface area contributed by atoms with E-state index in [1.807, 2.05) is 6.92 Å². The zero-order chi connectivity index (χ0) is 15.9. The monoisotopic (exact) mass is 336 g/mol. The molecule has 114 valence electrons. The van der Waals surface area contributed by atoms with Gasteiger partial charge in [-0.2, -0.15) is 4.37 Å². The van der Waals surface area contributed by atoms with E-state index < -0.39 is 10.0 Å². The second-order valence-corrected chi connectivity index (χ2v) is 7.15. The normalized spacial score (nSPS) is 11.9. The van der Waals surface area contributed by atoms with Crippen LogP contribution in [0.3, 0.4) is 0 Å². The minimum Gasteiger partial charge on any atom is -0.293 e. The van der Waals surface area contributed by atoms with Crippen LogP contribution in [0.15, 0.2) is 40.3 Å². The first kappa shape index (κ1) is 14.8. The smallest absolute Gasteiger partial charge is 0.273 e. The number of aromatic nitrogens is 3. The molecule has 3 aromatic rings. The van der Waals surface area contributed by atoms with Crippen LogP contribution in [0.2, 0.25) is 0 Å². The van der Waals surface area contributed by atoms with E-state index in [4.69, 9.17) is 5.14 Å². The van der Waals surface area contributed by atoms with Gasteiger partial charge in [0.1, 0.15) is 10.2 Å². The van der Waals surface area contributed by atoms with Gasteiger partial charge in [-0.1, -0.05) is 12.1 Å². The van der Waals surface area contributed by atoms with Crippen LogP contribution in [0, 0.1) is 6.92 Å². The highest BCUT2D eigenvalue weighted by Gasteiger charge is 2.11. The van der Waals surface area contributed by atoms with Gasteiger partial charge >= 0.3 is 0 Å². The molecule has 0 saturated carbocycles. The van der Waals surface area contributed by atoms with E-state index >= 15 is 0 Å². The first-order chi connectivity index (χ1) is 10.4. The highest BCUT2D eigenvalue weighted by Crippen LogP contribution is 2.16. The third-order valence-corrected chi connectivity index (χ3v) is 5.06. The van der Waals surface area contributed by atoms with Crippen LogP contribution in [0.5, 0.6) is 0 Å². The van der Waals surface area contributed by atoms with E-state index in [1.54, 1.807) is 12.1 Å². The van der Waals surface area contributed by atoms with E-state index in [0.717, 1.165) is 22.8 Å². The van der Waals surface area contributed by atoms with Gasteiger partial charge in [-0.25, -0.2) is 18.5 Å². The van der Waals surface area contributed by atoms with Gasteiger partial charge < -0.3 is 0 Å². The molecule has 0 aliphatic rings. The van der Waals surface area contributed by atoms with Crippen molar-refractivity contribution in [2.45, 2.75) is 18.4 Å². The molecule has 0 aliphatic carbocycles. The molecule has 0 fully saturated rings. The average Bonchev–Trinajstić information content (AvgIpc) is 2.84. The number of hydrogen-bond donors (Lipinski definition) is 1. The topological polar surface area (TPSA) is 108 Å². The van der Waals surface area contributed by atoms with Crippen LogP contribution in [-0.2, 0) is 16.6 Å². The van der Waals surface area contributed by atoms with Gasteiger partial charge in [-0.3, -0.25) is 9.36 Å². The largest absolute Gasteiger partial charge is 0.293 e. The second kappa shape index (κ2) is 5.27. The Morgan fingerprint density at radius 1 is 1.27 bits per heavy atom. The lowest BCUT2D eigenvalue weighted by atomic mass is 10.2. The first-order valence-corrected chi connectivity index (χ1v) is 8.61. The Labute approximate surface area is 130 Å². The third-order valence-electron chi connectivity index (χ3n) is 3.22. The number of primary sulfonamides is 1. The average molecular weight is 336 g/mol. The summed E-state index contributed by atoms with van der Waals surface area (Å²) in [4.78, 5) is 16.6. The number of nitrogens with zero attached hydrogens (tertiary/aromatic N) is 3. The van der Waals surface area contributed by atoms with E-state index in [0.29, 0.717) is 16.8 Å². The summed E-state index contributed by atoms with van der Waals surface area (Å²) in [5.74, 6) is 0. The lowest BCUT2D eigenvalue weighted by molar-refractivity contribution is 0.597. The van der Waals surface area contributed by atoms with Gasteiger partial charge in [0.2, 0.25) is 10.0 Å². The molecule has 9 heteroatoms. The van der Waals surface area contributed by atoms with Crippen LogP contribution >= 0.6 is 11.5 Å². The van der Waals surface area contributed by atoms with Gasteiger partial charge in [-0.15, -0.1) is 0 Å². The maximum Gasteiger partial charge on any atom is 0.273 e. The van der Waals surface area contributed by atoms with Gasteiger partial charge in [0, 0.05) is 0 Å². The van der Waals surface area contributed by atoms with Crippen molar-refractivity contribution in [2.24, 2.45) is 5.14 Å². The molecule has 22 heavy (non-hydrogen) atoms. The van der Waals surface area contributed by atoms with Gasteiger partial charge in [0.25, 0.3) is 5.56 Å². The second-order valence-electron chi connectivity index (χ2n) is 4.81.